The van der Waals surface area contributed by atoms with E-state index in [2.05, 4.69) is 15.9 Å². The van der Waals surface area contributed by atoms with Gasteiger partial charge in [0.05, 0.1) is 24.5 Å². The molecule has 0 aliphatic rings. The average molecular weight is 271 g/mol. The zero-order chi connectivity index (χ0) is 11.4. The molecule has 0 aliphatic heterocycles. The van der Waals surface area contributed by atoms with Gasteiger partial charge in [-0.2, -0.15) is 5.26 Å². The Balaban J connectivity index is 3.41. The van der Waals surface area contributed by atoms with E-state index < -0.39 is 4.92 Å². The predicted molar refractivity (Wildman–Crippen MR) is 56.7 cm³/mol. The van der Waals surface area contributed by atoms with Crippen LogP contribution >= 0.6 is 15.9 Å². The summed E-state index contributed by atoms with van der Waals surface area (Å²) >= 11 is 3.22. The smallest absolute Gasteiger partial charge is 0.311 e. The maximum absolute atomic E-state index is 10.7. The molecular weight excluding hydrogens is 264 g/mol. The second-order valence-electron chi connectivity index (χ2n) is 2.67. The van der Waals surface area contributed by atoms with Gasteiger partial charge in [-0.1, -0.05) is 15.9 Å². The van der Waals surface area contributed by atoms with Crippen LogP contribution in [0.25, 0.3) is 0 Å². The largest absolute Gasteiger partial charge is 0.490 e. The Morgan fingerprint density at radius 1 is 1.67 bits per heavy atom. The topological polar surface area (TPSA) is 76.2 Å². The highest BCUT2D eigenvalue weighted by Crippen LogP contribution is 2.35. The monoisotopic (exact) mass is 270 g/mol. The van der Waals surface area contributed by atoms with Crippen molar-refractivity contribution in [3.8, 4) is 11.8 Å². The lowest BCUT2D eigenvalue weighted by Gasteiger charge is -2.07. The second kappa shape index (κ2) is 4.75. The molecule has 0 saturated heterocycles. The molecule has 0 saturated carbocycles. The molecule has 0 unspecified atom stereocenters. The van der Waals surface area contributed by atoms with Crippen LogP contribution in [0.1, 0.15) is 5.56 Å². The fourth-order valence-electron chi connectivity index (χ4n) is 1.21. The van der Waals surface area contributed by atoms with Gasteiger partial charge in [0.25, 0.3) is 0 Å². The summed E-state index contributed by atoms with van der Waals surface area (Å²) in [7, 11) is 1.34. The highest BCUT2D eigenvalue weighted by atomic mass is 79.9. The van der Waals surface area contributed by atoms with Crippen LogP contribution in [0, 0.1) is 21.4 Å². The Hall–Kier alpha value is -1.61. The van der Waals surface area contributed by atoms with Crippen molar-refractivity contribution in [3.05, 3.63) is 32.3 Å². The van der Waals surface area contributed by atoms with Gasteiger partial charge in [0.2, 0.25) is 5.75 Å². The molecule has 1 aromatic carbocycles. The van der Waals surface area contributed by atoms with Crippen LogP contribution in [0.15, 0.2) is 16.6 Å². The maximum atomic E-state index is 10.7. The second-order valence-corrected chi connectivity index (χ2v) is 3.52. The minimum atomic E-state index is -0.536. The highest BCUT2D eigenvalue weighted by Gasteiger charge is 2.20. The Labute approximate surface area is 94.6 Å². The van der Waals surface area contributed by atoms with Crippen LogP contribution in [-0.2, 0) is 6.42 Å². The number of hydrogen-bond acceptors (Lipinski definition) is 4. The minimum absolute atomic E-state index is 0.0609. The summed E-state index contributed by atoms with van der Waals surface area (Å²) in [6.07, 6.45) is 0.0609. The van der Waals surface area contributed by atoms with Crippen LogP contribution in [0.5, 0.6) is 5.75 Å². The van der Waals surface area contributed by atoms with E-state index in [1.165, 1.54) is 19.2 Å². The van der Waals surface area contributed by atoms with Crippen LogP contribution < -0.4 is 4.74 Å². The first-order chi connectivity index (χ1) is 7.11. The van der Waals surface area contributed by atoms with Crippen LogP contribution in [0.2, 0.25) is 0 Å². The lowest BCUT2D eigenvalue weighted by molar-refractivity contribution is -0.385. The van der Waals surface area contributed by atoms with E-state index in [1.807, 2.05) is 6.07 Å². The van der Waals surface area contributed by atoms with Gasteiger partial charge in [-0.05, 0) is 6.07 Å². The molecule has 1 rings (SSSR count). The number of benzene rings is 1. The van der Waals surface area contributed by atoms with Gasteiger partial charge >= 0.3 is 5.69 Å². The van der Waals surface area contributed by atoms with Gasteiger partial charge in [-0.25, -0.2) is 0 Å². The number of hydrogen-bond donors (Lipinski definition) is 0. The Bertz CT molecular complexity index is 440. The van der Waals surface area contributed by atoms with Crippen LogP contribution in [0.3, 0.4) is 0 Å². The summed E-state index contributed by atoms with van der Waals surface area (Å²) in [6.45, 7) is 0. The molecular formula is C9H7BrN2O3. The van der Waals surface area contributed by atoms with Crippen molar-refractivity contribution in [2.75, 3.05) is 7.11 Å². The Kier molecular flexibility index (Phi) is 3.63. The first-order valence-corrected chi connectivity index (χ1v) is 4.77. The van der Waals surface area contributed by atoms with E-state index in [0.717, 1.165) is 0 Å². The summed E-state index contributed by atoms with van der Waals surface area (Å²) in [5.74, 6) is 0.135. The van der Waals surface area contributed by atoms with E-state index >= 15 is 0 Å². The Morgan fingerprint density at radius 3 is 2.80 bits per heavy atom. The molecule has 6 heteroatoms. The number of halogens is 1. The molecule has 15 heavy (non-hydrogen) atoms. The lowest BCUT2D eigenvalue weighted by Crippen LogP contribution is -1.98. The highest BCUT2D eigenvalue weighted by molar-refractivity contribution is 9.10. The molecule has 0 aromatic heterocycles. The number of rotatable bonds is 3. The number of nitriles is 1. The molecule has 0 heterocycles. The van der Waals surface area contributed by atoms with Crippen molar-refractivity contribution in [2.24, 2.45) is 0 Å². The molecule has 0 spiro atoms. The van der Waals surface area contributed by atoms with Gasteiger partial charge in [0.15, 0.2) is 0 Å². The zero-order valence-corrected chi connectivity index (χ0v) is 9.44. The lowest BCUT2D eigenvalue weighted by atomic mass is 10.1. The first kappa shape index (κ1) is 11.5. The summed E-state index contributed by atoms with van der Waals surface area (Å²) in [6, 6.07) is 4.81. The molecule has 0 atom stereocenters. The molecule has 5 nitrogen and oxygen atoms in total. The van der Waals surface area contributed by atoms with Crippen LogP contribution in [-0.4, -0.2) is 12.0 Å². The molecule has 0 radical (unpaired) electrons. The number of ether oxygens (including phenoxy) is 1. The van der Waals surface area contributed by atoms with Gasteiger partial charge in [0.1, 0.15) is 0 Å². The molecule has 0 fully saturated rings. The van der Waals surface area contributed by atoms with Crippen molar-refractivity contribution in [1.29, 1.82) is 5.26 Å². The van der Waals surface area contributed by atoms with Crippen molar-refractivity contribution in [3.63, 3.8) is 0 Å². The van der Waals surface area contributed by atoms with Crippen molar-refractivity contribution >= 4 is 21.6 Å². The third-order valence-corrected chi connectivity index (χ3v) is 2.58. The fraction of sp³-hybridized carbons (Fsp3) is 0.222. The average Bonchev–Trinajstić information content (AvgIpc) is 2.20. The van der Waals surface area contributed by atoms with E-state index in [-0.39, 0.29) is 17.9 Å². The third-order valence-electron chi connectivity index (χ3n) is 1.84. The van der Waals surface area contributed by atoms with Gasteiger partial charge in [0, 0.05) is 16.1 Å². The fourth-order valence-corrected chi connectivity index (χ4v) is 1.66. The van der Waals surface area contributed by atoms with Crippen molar-refractivity contribution in [2.45, 2.75) is 6.42 Å². The normalized spacial score (nSPS) is 9.40. The summed E-state index contributed by atoms with van der Waals surface area (Å²) in [5, 5.41) is 19.3. The first-order valence-electron chi connectivity index (χ1n) is 3.98. The third kappa shape index (κ3) is 2.25. The van der Waals surface area contributed by atoms with E-state index in [4.69, 9.17) is 10.00 Å². The summed E-state index contributed by atoms with van der Waals surface area (Å²) in [5.41, 5.74) is 0.361. The maximum Gasteiger partial charge on any atom is 0.311 e. The standard InChI is InChI=1S/C9H7BrN2O3/c1-15-9-6(4-5-11)7(10)2-3-8(9)12(13)14/h2-3H,4H2,1H3. The Morgan fingerprint density at radius 2 is 2.33 bits per heavy atom. The molecule has 78 valence electrons. The predicted octanol–water partition coefficient (Wildman–Crippen LogP) is 2.43. The van der Waals surface area contributed by atoms with E-state index in [1.54, 1.807) is 0 Å². The molecule has 0 aliphatic carbocycles. The SMILES string of the molecule is COc1c([N+](=O)[O-])ccc(Br)c1CC#N. The quantitative estimate of drug-likeness (QED) is 0.624. The van der Waals surface area contributed by atoms with E-state index in [0.29, 0.717) is 10.0 Å². The number of nitro groups is 1. The minimum Gasteiger partial charge on any atom is -0.490 e. The molecule has 0 N–H and O–H groups in total. The van der Waals surface area contributed by atoms with Gasteiger partial charge < -0.3 is 4.74 Å². The zero-order valence-electron chi connectivity index (χ0n) is 7.86. The summed E-state index contributed by atoms with van der Waals surface area (Å²) in [4.78, 5) is 10.1. The van der Waals surface area contributed by atoms with Crippen molar-refractivity contribution < 1.29 is 9.66 Å². The molecule has 0 amide bonds. The molecule has 0 bridgehead atoms. The number of nitrogens with zero attached hydrogens (tertiary/aromatic N) is 2. The van der Waals surface area contributed by atoms with E-state index in [9.17, 15) is 10.1 Å². The van der Waals surface area contributed by atoms with Gasteiger partial charge in [-0.3, -0.25) is 10.1 Å². The van der Waals surface area contributed by atoms with Gasteiger partial charge in [-0.15, -0.1) is 0 Å². The van der Waals surface area contributed by atoms with Crippen molar-refractivity contribution in [1.82, 2.24) is 0 Å². The number of methoxy groups -OCH3 is 1. The molecule has 1 aromatic rings. The number of nitro benzene ring substituents is 1. The summed E-state index contributed by atoms with van der Waals surface area (Å²) < 4.78 is 5.58. The van der Waals surface area contributed by atoms with Crippen LogP contribution in [0.4, 0.5) is 5.69 Å².